The van der Waals surface area contributed by atoms with E-state index in [1.807, 2.05) is 26.0 Å². The van der Waals surface area contributed by atoms with Crippen LogP contribution >= 0.6 is 0 Å². The molecule has 0 aliphatic heterocycles. The lowest BCUT2D eigenvalue weighted by atomic mass is 10.0. The summed E-state index contributed by atoms with van der Waals surface area (Å²) in [4.78, 5) is 23.9. The molecule has 0 heterocycles. The van der Waals surface area contributed by atoms with Crippen molar-refractivity contribution >= 4 is 11.9 Å². The van der Waals surface area contributed by atoms with Crippen molar-refractivity contribution in [2.24, 2.45) is 5.92 Å². The zero-order chi connectivity index (χ0) is 15.8. The number of benzene rings is 1. The van der Waals surface area contributed by atoms with Crippen LogP contribution in [-0.4, -0.2) is 25.0 Å². The molecule has 4 heteroatoms. The SMILES string of the molecule is CCCc1ccc(C(=O)NC(CC(C)C)C(=O)OC)cc1. The Hall–Kier alpha value is -1.84. The standard InChI is InChI=1S/C17H25NO3/c1-5-6-13-7-9-14(10-8-13)16(19)18-15(11-12(2)3)17(20)21-4/h7-10,12,15H,5-6,11H2,1-4H3,(H,18,19). The topological polar surface area (TPSA) is 55.4 Å². The van der Waals surface area contributed by atoms with Gasteiger partial charge in [0.25, 0.3) is 5.91 Å². The molecule has 0 aliphatic rings. The average Bonchev–Trinajstić information content (AvgIpc) is 2.46. The van der Waals surface area contributed by atoms with Gasteiger partial charge in [0.15, 0.2) is 0 Å². The van der Waals surface area contributed by atoms with Crippen LogP contribution in [0.1, 0.15) is 49.5 Å². The van der Waals surface area contributed by atoms with Crippen LogP contribution in [0.2, 0.25) is 0 Å². The molecule has 1 amide bonds. The van der Waals surface area contributed by atoms with Crippen molar-refractivity contribution in [1.82, 2.24) is 5.32 Å². The van der Waals surface area contributed by atoms with E-state index >= 15 is 0 Å². The molecule has 1 unspecified atom stereocenters. The maximum absolute atomic E-state index is 12.2. The predicted molar refractivity (Wildman–Crippen MR) is 83.2 cm³/mol. The predicted octanol–water partition coefficient (Wildman–Crippen LogP) is 2.96. The number of amides is 1. The molecule has 1 aromatic carbocycles. The molecular formula is C17H25NO3. The smallest absolute Gasteiger partial charge is 0.328 e. The van der Waals surface area contributed by atoms with E-state index in [4.69, 9.17) is 4.74 Å². The van der Waals surface area contributed by atoms with Gasteiger partial charge in [0.05, 0.1) is 7.11 Å². The third-order valence-electron chi connectivity index (χ3n) is 3.25. The van der Waals surface area contributed by atoms with Crippen molar-refractivity contribution in [3.63, 3.8) is 0 Å². The zero-order valence-corrected chi connectivity index (χ0v) is 13.3. The molecule has 116 valence electrons. The number of carbonyl (C=O) groups excluding carboxylic acids is 2. The number of hydrogen-bond donors (Lipinski definition) is 1. The summed E-state index contributed by atoms with van der Waals surface area (Å²) in [5.74, 6) is -0.352. The van der Waals surface area contributed by atoms with E-state index in [1.165, 1.54) is 12.7 Å². The molecule has 1 rings (SSSR count). The summed E-state index contributed by atoms with van der Waals surface area (Å²) in [5, 5.41) is 2.75. The highest BCUT2D eigenvalue weighted by molar-refractivity contribution is 5.96. The fourth-order valence-corrected chi connectivity index (χ4v) is 2.18. The second-order valence-electron chi connectivity index (χ2n) is 5.63. The normalized spacial score (nSPS) is 12.0. The summed E-state index contributed by atoms with van der Waals surface area (Å²) in [6, 6.07) is 6.90. The third kappa shape index (κ3) is 5.58. The molecule has 0 spiro atoms. The van der Waals surface area contributed by atoms with Gasteiger partial charge in [-0.1, -0.05) is 39.3 Å². The van der Waals surface area contributed by atoms with Crippen LogP contribution in [0.25, 0.3) is 0 Å². The second kappa shape index (κ2) is 8.45. The van der Waals surface area contributed by atoms with Gasteiger partial charge in [-0.05, 0) is 36.5 Å². The molecule has 4 nitrogen and oxygen atoms in total. The van der Waals surface area contributed by atoms with Crippen LogP contribution in [0.4, 0.5) is 0 Å². The Kier molecular flexibility index (Phi) is 6.92. The van der Waals surface area contributed by atoms with Crippen LogP contribution < -0.4 is 5.32 Å². The Morgan fingerprint density at radius 3 is 2.29 bits per heavy atom. The molecule has 0 aliphatic carbocycles. The second-order valence-corrected chi connectivity index (χ2v) is 5.63. The molecule has 21 heavy (non-hydrogen) atoms. The van der Waals surface area contributed by atoms with Gasteiger partial charge in [-0.2, -0.15) is 0 Å². The first-order valence-electron chi connectivity index (χ1n) is 7.45. The van der Waals surface area contributed by atoms with E-state index in [0.717, 1.165) is 12.8 Å². The number of methoxy groups -OCH3 is 1. The maximum Gasteiger partial charge on any atom is 0.328 e. The Morgan fingerprint density at radius 2 is 1.81 bits per heavy atom. The highest BCUT2D eigenvalue weighted by Crippen LogP contribution is 2.10. The van der Waals surface area contributed by atoms with Crippen LogP contribution in [0.15, 0.2) is 24.3 Å². The number of esters is 1. The number of hydrogen-bond acceptors (Lipinski definition) is 3. The summed E-state index contributed by atoms with van der Waals surface area (Å²) >= 11 is 0. The molecule has 0 saturated heterocycles. The van der Waals surface area contributed by atoms with Crippen molar-refractivity contribution in [2.75, 3.05) is 7.11 Å². The lowest BCUT2D eigenvalue weighted by Gasteiger charge is -2.18. The number of ether oxygens (including phenoxy) is 1. The van der Waals surface area contributed by atoms with Crippen molar-refractivity contribution in [3.8, 4) is 0 Å². The van der Waals surface area contributed by atoms with Crippen molar-refractivity contribution in [2.45, 2.75) is 46.1 Å². The maximum atomic E-state index is 12.2. The first-order valence-corrected chi connectivity index (χ1v) is 7.45. The number of carbonyl (C=O) groups is 2. The van der Waals surface area contributed by atoms with Crippen LogP contribution in [0.5, 0.6) is 0 Å². The molecule has 1 atom stereocenters. The van der Waals surface area contributed by atoms with Gasteiger partial charge in [0.1, 0.15) is 6.04 Å². The van der Waals surface area contributed by atoms with Gasteiger partial charge < -0.3 is 10.1 Å². The minimum atomic E-state index is -0.599. The number of nitrogens with one attached hydrogen (secondary N) is 1. The molecule has 0 fully saturated rings. The van der Waals surface area contributed by atoms with E-state index in [1.54, 1.807) is 12.1 Å². The Balaban J connectivity index is 2.74. The van der Waals surface area contributed by atoms with E-state index in [0.29, 0.717) is 17.9 Å². The lowest BCUT2D eigenvalue weighted by molar-refractivity contribution is -0.143. The first kappa shape index (κ1) is 17.2. The summed E-state index contributed by atoms with van der Waals surface area (Å²) in [7, 11) is 1.33. The van der Waals surface area contributed by atoms with Gasteiger partial charge in [-0.25, -0.2) is 4.79 Å². The monoisotopic (exact) mass is 291 g/mol. The Bertz CT molecular complexity index is 465. The van der Waals surface area contributed by atoms with Crippen LogP contribution in [0, 0.1) is 5.92 Å². The Morgan fingerprint density at radius 1 is 1.19 bits per heavy atom. The number of rotatable bonds is 7. The van der Waals surface area contributed by atoms with Crippen LogP contribution in [-0.2, 0) is 16.0 Å². The summed E-state index contributed by atoms with van der Waals surface area (Å²) in [6.07, 6.45) is 2.64. The minimum absolute atomic E-state index is 0.242. The van der Waals surface area contributed by atoms with Crippen molar-refractivity contribution in [3.05, 3.63) is 35.4 Å². The largest absolute Gasteiger partial charge is 0.467 e. The van der Waals surface area contributed by atoms with Gasteiger partial charge in [-0.15, -0.1) is 0 Å². The zero-order valence-electron chi connectivity index (χ0n) is 13.3. The van der Waals surface area contributed by atoms with E-state index < -0.39 is 12.0 Å². The van der Waals surface area contributed by atoms with Crippen molar-refractivity contribution < 1.29 is 14.3 Å². The highest BCUT2D eigenvalue weighted by Gasteiger charge is 2.23. The van der Waals surface area contributed by atoms with Gasteiger partial charge in [0.2, 0.25) is 0 Å². The van der Waals surface area contributed by atoms with Gasteiger partial charge in [-0.3, -0.25) is 4.79 Å². The highest BCUT2D eigenvalue weighted by atomic mass is 16.5. The van der Waals surface area contributed by atoms with Crippen LogP contribution in [0.3, 0.4) is 0 Å². The van der Waals surface area contributed by atoms with Gasteiger partial charge >= 0.3 is 5.97 Å². The molecule has 0 radical (unpaired) electrons. The molecule has 1 N–H and O–H groups in total. The van der Waals surface area contributed by atoms with Gasteiger partial charge in [0, 0.05) is 5.56 Å². The minimum Gasteiger partial charge on any atom is -0.467 e. The first-order chi connectivity index (χ1) is 9.97. The Labute approximate surface area is 126 Å². The third-order valence-corrected chi connectivity index (χ3v) is 3.25. The molecular weight excluding hydrogens is 266 g/mol. The molecule has 0 aromatic heterocycles. The quantitative estimate of drug-likeness (QED) is 0.786. The summed E-state index contributed by atoms with van der Waals surface area (Å²) in [6.45, 7) is 6.12. The molecule has 0 bridgehead atoms. The molecule has 0 saturated carbocycles. The average molecular weight is 291 g/mol. The van der Waals surface area contributed by atoms with E-state index in [2.05, 4.69) is 12.2 Å². The summed E-state index contributed by atoms with van der Waals surface area (Å²) < 4.78 is 4.75. The fraction of sp³-hybridized carbons (Fsp3) is 0.529. The van der Waals surface area contributed by atoms with E-state index in [-0.39, 0.29) is 5.91 Å². The number of aryl methyl sites for hydroxylation is 1. The van der Waals surface area contributed by atoms with E-state index in [9.17, 15) is 9.59 Å². The molecule has 1 aromatic rings. The fourth-order valence-electron chi connectivity index (χ4n) is 2.18. The summed E-state index contributed by atoms with van der Waals surface area (Å²) in [5.41, 5.74) is 1.77. The van der Waals surface area contributed by atoms with Crippen molar-refractivity contribution in [1.29, 1.82) is 0 Å². The lowest BCUT2D eigenvalue weighted by Crippen LogP contribution is -2.42.